The van der Waals surface area contributed by atoms with E-state index in [1.807, 2.05) is 23.6 Å². The van der Waals surface area contributed by atoms with Crippen LogP contribution >= 0.6 is 11.3 Å². The van der Waals surface area contributed by atoms with E-state index in [2.05, 4.69) is 10.0 Å². The van der Waals surface area contributed by atoms with Gasteiger partial charge in [0, 0.05) is 19.5 Å². The van der Waals surface area contributed by atoms with Gasteiger partial charge in [0.25, 0.3) is 5.91 Å². The number of hydrazone groups is 1. The number of amides is 1. The van der Waals surface area contributed by atoms with E-state index in [9.17, 15) is 9.90 Å². The first-order valence-corrected chi connectivity index (χ1v) is 9.61. The van der Waals surface area contributed by atoms with Crippen LogP contribution in [0.3, 0.4) is 0 Å². The van der Waals surface area contributed by atoms with Crippen LogP contribution in [-0.4, -0.2) is 59.5 Å². The van der Waals surface area contributed by atoms with E-state index in [-0.39, 0.29) is 17.7 Å². The van der Waals surface area contributed by atoms with Gasteiger partial charge < -0.3 is 9.84 Å². The molecule has 1 saturated heterocycles. The van der Waals surface area contributed by atoms with Crippen LogP contribution in [0.2, 0.25) is 0 Å². The number of carbonyl (C=O) groups excluding carboxylic acids is 1. The maximum Gasteiger partial charge on any atom is 0.257 e. The minimum absolute atomic E-state index is 0.0215. The molecule has 1 amide bonds. The Balaban J connectivity index is 1.58. The summed E-state index contributed by atoms with van der Waals surface area (Å²) in [6.45, 7) is 3.18. The number of carbonyl (C=O) groups is 1. The average molecular weight is 371 g/mol. The number of benzene rings is 1. The Morgan fingerprint density at radius 2 is 2.12 bits per heavy atom. The standard InChI is InChI=1S/C19H21N3O3S/c23-15-4-1-3-14(11-15)17-12-16(18-5-2-10-26-18)20-22(17)19(24)13-21-6-8-25-9-7-21/h1-5,10-11,17,23H,6-9,12-13H2/t17-/m1/s1. The largest absolute Gasteiger partial charge is 0.508 e. The number of hydrogen-bond donors (Lipinski definition) is 1. The molecule has 6 nitrogen and oxygen atoms in total. The molecule has 0 unspecified atom stereocenters. The molecule has 0 spiro atoms. The molecule has 1 atom stereocenters. The first-order valence-electron chi connectivity index (χ1n) is 8.73. The third-order valence-electron chi connectivity index (χ3n) is 4.69. The van der Waals surface area contributed by atoms with Gasteiger partial charge in [-0.3, -0.25) is 9.69 Å². The summed E-state index contributed by atoms with van der Waals surface area (Å²) < 4.78 is 5.36. The molecule has 7 heteroatoms. The SMILES string of the molecule is O=C(CN1CCOCC1)N1N=C(c2cccs2)C[C@@H]1c1cccc(O)c1. The maximum atomic E-state index is 13.0. The summed E-state index contributed by atoms with van der Waals surface area (Å²) in [6.07, 6.45) is 0.652. The van der Waals surface area contributed by atoms with Gasteiger partial charge in [-0.1, -0.05) is 18.2 Å². The number of ether oxygens (including phenoxy) is 1. The number of phenolic OH excluding ortho intramolecular Hbond substituents is 1. The number of nitrogens with zero attached hydrogens (tertiary/aromatic N) is 3. The number of rotatable bonds is 4. The minimum atomic E-state index is -0.187. The predicted molar refractivity (Wildman–Crippen MR) is 100 cm³/mol. The van der Waals surface area contributed by atoms with Gasteiger partial charge in [0.1, 0.15) is 5.75 Å². The van der Waals surface area contributed by atoms with Crippen molar-refractivity contribution in [2.24, 2.45) is 5.10 Å². The van der Waals surface area contributed by atoms with Gasteiger partial charge in [0.15, 0.2) is 0 Å². The maximum absolute atomic E-state index is 13.0. The molecular weight excluding hydrogens is 350 g/mol. The van der Waals surface area contributed by atoms with Gasteiger partial charge in [0.05, 0.1) is 36.4 Å². The van der Waals surface area contributed by atoms with Crippen molar-refractivity contribution in [3.63, 3.8) is 0 Å². The third-order valence-corrected chi connectivity index (χ3v) is 5.61. The van der Waals surface area contributed by atoms with E-state index < -0.39 is 0 Å². The zero-order chi connectivity index (χ0) is 17.9. The second-order valence-corrected chi connectivity index (χ2v) is 7.41. The normalized spacial score (nSPS) is 21.0. The highest BCUT2D eigenvalue weighted by molar-refractivity contribution is 7.12. The molecule has 0 radical (unpaired) electrons. The molecule has 4 rings (SSSR count). The Kier molecular flexibility index (Phi) is 5.01. The highest BCUT2D eigenvalue weighted by Gasteiger charge is 2.34. The third kappa shape index (κ3) is 3.65. The fraction of sp³-hybridized carbons (Fsp3) is 0.368. The van der Waals surface area contributed by atoms with Gasteiger partial charge >= 0.3 is 0 Å². The molecule has 1 aromatic heterocycles. The topological polar surface area (TPSA) is 65.4 Å². The van der Waals surface area contributed by atoms with Crippen molar-refractivity contribution < 1.29 is 14.6 Å². The highest BCUT2D eigenvalue weighted by Crippen LogP contribution is 2.35. The molecule has 0 saturated carbocycles. The fourth-order valence-corrected chi connectivity index (χ4v) is 4.07. The molecule has 26 heavy (non-hydrogen) atoms. The van der Waals surface area contributed by atoms with E-state index in [4.69, 9.17) is 4.74 Å². The monoisotopic (exact) mass is 371 g/mol. The Bertz CT molecular complexity index is 800. The Morgan fingerprint density at radius 3 is 2.85 bits per heavy atom. The van der Waals surface area contributed by atoms with Crippen molar-refractivity contribution in [3.8, 4) is 5.75 Å². The smallest absolute Gasteiger partial charge is 0.257 e. The van der Waals surface area contributed by atoms with Crippen LogP contribution in [-0.2, 0) is 9.53 Å². The summed E-state index contributed by atoms with van der Waals surface area (Å²) in [5, 5.41) is 18.1. The van der Waals surface area contributed by atoms with E-state index in [0.717, 1.165) is 29.2 Å². The van der Waals surface area contributed by atoms with Crippen LogP contribution in [0.15, 0.2) is 46.9 Å². The van der Waals surface area contributed by atoms with Crippen LogP contribution in [0.25, 0.3) is 0 Å². The van der Waals surface area contributed by atoms with Gasteiger partial charge in [-0.05, 0) is 29.1 Å². The summed E-state index contributed by atoms with van der Waals surface area (Å²) in [7, 11) is 0. The summed E-state index contributed by atoms with van der Waals surface area (Å²) in [5.74, 6) is 0.180. The molecule has 1 N–H and O–H groups in total. The van der Waals surface area contributed by atoms with E-state index in [1.54, 1.807) is 34.5 Å². The lowest BCUT2D eigenvalue weighted by Crippen LogP contribution is -2.43. The lowest BCUT2D eigenvalue weighted by atomic mass is 10.0. The molecule has 2 aliphatic heterocycles. The Hall–Kier alpha value is -2.22. The molecule has 2 aliphatic rings. The second kappa shape index (κ2) is 7.57. The summed E-state index contributed by atoms with van der Waals surface area (Å²) >= 11 is 1.62. The van der Waals surface area contributed by atoms with Gasteiger partial charge in [-0.15, -0.1) is 11.3 Å². The minimum Gasteiger partial charge on any atom is -0.508 e. The van der Waals surface area contributed by atoms with Gasteiger partial charge in [0.2, 0.25) is 0 Å². The van der Waals surface area contributed by atoms with E-state index in [0.29, 0.717) is 26.2 Å². The lowest BCUT2D eigenvalue weighted by Gasteiger charge is -2.29. The number of hydrogen-bond acceptors (Lipinski definition) is 6. The summed E-state index contributed by atoms with van der Waals surface area (Å²) in [4.78, 5) is 16.2. The van der Waals surface area contributed by atoms with Crippen LogP contribution in [0.4, 0.5) is 0 Å². The Labute approximate surface area is 156 Å². The molecule has 136 valence electrons. The zero-order valence-corrected chi connectivity index (χ0v) is 15.2. The van der Waals surface area contributed by atoms with Crippen LogP contribution < -0.4 is 0 Å². The molecule has 2 aromatic rings. The van der Waals surface area contributed by atoms with Gasteiger partial charge in [-0.2, -0.15) is 5.10 Å². The van der Waals surface area contributed by atoms with Crippen molar-refractivity contribution in [2.75, 3.05) is 32.8 Å². The van der Waals surface area contributed by atoms with Crippen molar-refractivity contribution in [2.45, 2.75) is 12.5 Å². The fourth-order valence-electron chi connectivity index (χ4n) is 3.35. The molecule has 0 bridgehead atoms. The van der Waals surface area contributed by atoms with E-state index >= 15 is 0 Å². The van der Waals surface area contributed by atoms with Crippen molar-refractivity contribution in [1.82, 2.24) is 9.91 Å². The molecular formula is C19H21N3O3S. The predicted octanol–water partition coefficient (Wildman–Crippen LogP) is 2.46. The van der Waals surface area contributed by atoms with Gasteiger partial charge in [-0.25, -0.2) is 5.01 Å². The first-order chi connectivity index (χ1) is 12.7. The number of phenols is 1. The molecule has 3 heterocycles. The Morgan fingerprint density at radius 1 is 1.27 bits per heavy atom. The number of thiophene rings is 1. The highest BCUT2D eigenvalue weighted by atomic mass is 32.1. The second-order valence-electron chi connectivity index (χ2n) is 6.47. The van der Waals surface area contributed by atoms with Crippen molar-refractivity contribution in [3.05, 3.63) is 52.2 Å². The van der Waals surface area contributed by atoms with Crippen molar-refractivity contribution in [1.29, 1.82) is 0 Å². The lowest BCUT2D eigenvalue weighted by molar-refractivity contribution is -0.135. The quantitative estimate of drug-likeness (QED) is 0.897. The van der Waals surface area contributed by atoms with Crippen LogP contribution in [0.1, 0.15) is 22.9 Å². The molecule has 1 fully saturated rings. The summed E-state index contributed by atoms with van der Waals surface area (Å²) in [6, 6.07) is 10.9. The first kappa shape index (κ1) is 17.2. The molecule has 0 aliphatic carbocycles. The zero-order valence-electron chi connectivity index (χ0n) is 14.4. The van der Waals surface area contributed by atoms with E-state index in [1.165, 1.54) is 0 Å². The van der Waals surface area contributed by atoms with Crippen molar-refractivity contribution >= 4 is 23.0 Å². The number of aromatic hydroxyl groups is 1. The van der Waals surface area contributed by atoms with Crippen LogP contribution in [0, 0.1) is 0 Å². The average Bonchev–Trinajstić information content (AvgIpc) is 3.32. The number of morpholine rings is 1. The summed E-state index contributed by atoms with van der Waals surface area (Å²) in [5.41, 5.74) is 1.82. The molecule has 1 aromatic carbocycles. The van der Waals surface area contributed by atoms with Crippen LogP contribution in [0.5, 0.6) is 5.75 Å².